The van der Waals surface area contributed by atoms with E-state index in [1.54, 1.807) is 20.1 Å². The lowest BCUT2D eigenvalue weighted by Crippen LogP contribution is -2.05. The van der Waals surface area contributed by atoms with Gasteiger partial charge in [-0.05, 0) is 20.1 Å². The smallest absolute Gasteiger partial charge is 0.309 e. The van der Waals surface area contributed by atoms with Gasteiger partial charge in [-0.1, -0.05) is 0 Å². The molecule has 0 radical (unpaired) electrons. The molecule has 0 bridgehead atoms. The first-order valence-corrected chi connectivity index (χ1v) is 7.02. The van der Waals surface area contributed by atoms with E-state index in [0.717, 1.165) is 0 Å². The Morgan fingerprint density at radius 2 is 1.85 bits per heavy atom. The van der Waals surface area contributed by atoms with Crippen molar-refractivity contribution < 1.29 is 13.6 Å². The minimum atomic E-state index is -3.04. The third-order valence-electron chi connectivity index (χ3n) is 1.24. The van der Waals surface area contributed by atoms with Gasteiger partial charge in [-0.15, -0.1) is 11.8 Å². The fraction of sp³-hybridized carbons (Fsp3) is 0.857. The quantitative estimate of drug-likeness (QED) is 0.429. The molecule has 0 heterocycles. The predicted octanol–water partition coefficient (Wildman–Crippen LogP) is 2.59. The molecule has 0 atom stereocenters. The molecule has 0 amide bonds. The van der Waals surface area contributed by atoms with E-state index < -0.39 is 7.60 Å². The third kappa shape index (κ3) is 5.47. The van der Waals surface area contributed by atoms with Crippen molar-refractivity contribution in [2.75, 3.05) is 25.6 Å². The normalized spacial score (nSPS) is 11.6. The lowest BCUT2D eigenvalue weighted by molar-refractivity contribution is 0.223. The largest absolute Gasteiger partial charge is 0.337 e. The lowest BCUT2D eigenvalue weighted by atomic mass is 10.9. The van der Waals surface area contributed by atoms with Gasteiger partial charge in [0.1, 0.15) is 0 Å². The molecule has 0 aromatic carbocycles. The van der Waals surface area contributed by atoms with Crippen LogP contribution in [0.3, 0.4) is 0 Å². The molecule has 13 heavy (non-hydrogen) atoms. The molecule has 0 aliphatic carbocycles. The molecule has 0 aromatic rings. The van der Waals surface area contributed by atoms with Crippen LogP contribution in [0.15, 0.2) is 0 Å². The minimum Gasteiger partial charge on any atom is -0.309 e. The van der Waals surface area contributed by atoms with Crippen LogP contribution in [0.1, 0.15) is 13.8 Å². The molecule has 0 fully saturated rings. The Morgan fingerprint density at radius 1 is 1.38 bits per heavy atom. The van der Waals surface area contributed by atoms with Crippen LogP contribution in [-0.2, 0) is 13.6 Å². The zero-order valence-electron chi connectivity index (χ0n) is 8.20. The van der Waals surface area contributed by atoms with Crippen molar-refractivity contribution >= 4 is 24.4 Å². The topological polar surface area (TPSA) is 59.4 Å². The Kier molecular flexibility index (Phi) is 6.68. The first kappa shape index (κ1) is 13.2. The number of nitrogens with one attached hydrogen (secondary N) is 1. The maximum absolute atomic E-state index is 11.8. The summed E-state index contributed by atoms with van der Waals surface area (Å²) in [5.74, 6) is 0. The van der Waals surface area contributed by atoms with Gasteiger partial charge < -0.3 is 9.05 Å². The summed E-state index contributed by atoms with van der Waals surface area (Å²) < 4.78 is 21.8. The number of rotatable bonds is 6. The van der Waals surface area contributed by atoms with Gasteiger partial charge in [-0.2, -0.15) is 0 Å². The van der Waals surface area contributed by atoms with Gasteiger partial charge in [0.2, 0.25) is 0 Å². The van der Waals surface area contributed by atoms with E-state index in [0.29, 0.717) is 18.3 Å². The van der Waals surface area contributed by atoms with Gasteiger partial charge in [0.05, 0.1) is 24.4 Å². The minimum absolute atomic E-state index is 0.0792. The van der Waals surface area contributed by atoms with E-state index in [1.807, 2.05) is 0 Å². The average molecular weight is 225 g/mol. The lowest BCUT2D eigenvalue weighted by Gasteiger charge is -2.16. The van der Waals surface area contributed by atoms with Gasteiger partial charge >= 0.3 is 7.60 Å². The molecule has 0 spiro atoms. The van der Waals surface area contributed by atoms with Gasteiger partial charge in [0, 0.05) is 0 Å². The molecule has 0 unspecified atom stereocenters. The van der Waals surface area contributed by atoms with Crippen molar-refractivity contribution in [1.29, 1.82) is 5.41 Å². The summed E-state index contributed by atoms with van der Waals surface area (Å²) in [5, 5.41) is 7.70. The van der Waals surface area contributed by atoms with Crippen LogP contribution < -0.4 is 0 Å². The number of hydrogen-bond acceptors (Lipinski definition) is 5. The molecule has 0 aliphatic rings. The van der Waals surface area contributed by atoms with Crippen LogP contribution in [0.2, 0.25) is 0 Å². The molecule has 4 nitrogen and oxygen atoms in total. The van der Waals surface area contributed by atoms with Gasteiger partial charge in [-0.25, -0.2) is 0 Å². The maximum atomic E-state index is 11.8. The van der Waals surface area contributed by atoms with E-state index in [4.69, 9.17) is 14.5 Å². The second-order valence-corrected chi connectivity index (χ2v) is 5.19. The monoisotopic (exact) mass is 225 g/mol. The molecular formula is C7H16NO3PS. The SMILES string of the molecule is CCOP(=O)(CC(=N)SC)OCC. The van der Waals surface area contributed by atoms with Crippen molar-refractivity contribution in [1.82, 2.24) is 0 Å². The van der Waals surface area contributed by atoms with Crippen LogP contribution in [0.5, 0.6) is 0 Å². The second kappa shape index (κ2) is 6.60. The van der Waals surface area contributed by atoms with E-state index in [1.165, 1.54) is 11.8 Å². The highest BCUT2D eigenvalue weighted by Gasteiger charge is 2.25. The Hall–Kier alpha value is 0.170. The van der Waals surface area contributed by atoms with E-state index in [-0.39, 0.29) is 6.16 Å². The molecule has 0 saturated heterocycles. The Balaban J connectivity index is 4.23. The summed E-state index contributed by atoms with van der Waals surface area (Å²) in [6, 6.07) is 0. The van der Waals surface area contributed by atoms with Gasteiger partial charge in [0.15, 0.2) is 0 Å². The standard InChI is InChI=1S/C7H16NO3PS/c1-4-10-12(9,11-5-2)6-7(8)13-3/h8H,4-6H2,1-3H3. The number of thioether (sulfide) groups is 1. The summed E-state index contributed by atoms with van der Waals surface area (Å²) in [5.41, 5.74) is 0. The average Bonchev–Trinajstić information content (AvgIpc) is 2.04. The Labute approximate surface area is 83.4 Å². The first-order chi connectivity index (χ1) is 6.08. The highest BCUT2D eigenvalue weighted by molar-refractivity contribution is 8.13. The fourth-order valence-electron chi connectivity index (χ4n) is 0.762. The van der Waals surface area contributed by atoms with Crippen LogP contribution in [0.25, 0.3) is 0 Å². The van der Waals surface area contributed by atoms with Crippen molar-refractivity contribution in [3.05, 3.63) is 0 Å². The predicted molar refractivity (Wildman–Crippen MR) is 57.0 cm³/mol. The molecule has 0 saturated carbocycles. The third-order valence-corrected chi connectivity index (χ3v) is 4.09. The Morgan fingerprint density at radius 3 is 2.15 bits per heavy atom. The van der Waals surface area contributed by atoms with Crippen LogP contribution in [0.4, 0.5) is 0 Å². The molecule has 0 rings (SSSR count). The molecule has 78 valence electrons. The number of hydrogen-bond donors (Lipinski definition) is 1. The summed E-state index contributed by atoms with van der Waals surface area (Å²) in [6.07, 6.45) is 1.85. The van der Waals surface area contributed by atoms with Gasteiger partial charge in [0.25, 0.3) is 0 Å². The van der Waals surface area contributed by atoms with Crippen molar-refractivity contribution in [3.8, 4) is 0 Å². The Bertz CT molecular complexity index is 200. The maximum Gasteiger partial charge on any atom is 0.337 e. The first-order valence-electron chi connectivity index (χ1n) is 4.07. The van der Waals surface area contributed by atoms with Crippen LogP contribution in [0, 0.1) is 5.41 Å². The zero-order valence-corrected chi connectivity index (χ0v) is 9.91. The fourth-order valence-corrected chi connectivity index (χ4v) is 3.15. The molecule has 0 aliphatic heterocycles. The summed E-state index contributed by atoms with van der Waals surface area (Å²) >= 11 is 1.25. The summed E-state index contributed by atoms with van der Waals surface area (Å²) in [4.78, 5) is 0. The zero-order chi connectivity index (χ0) is 10.3. The highest BCUT2D eigenvalue weighted by atomic mass is 32.2. The molecular weight excluding hydrogens is 209 g/mol. The van der Waals surface area contributed by atoms with Crippen LogP contribution in [-0.4, -0.2) is 30.7 Å². The summed E-state index contributed by atoms with van der Waals surface area (Å²) in [6.45, 7) is 4.21. The second-order valence-electron chi connectivity index (χ2n) is 2.23. The van der Waals surface area contributed by atoms with Crippen molar-refractivity contribution in [3.63, 3.8) is 0 Å². The van der Waals surface area contributed by atoms with E-state index >= 15 is 0 Å². The van der Waals surface area contributed by atoms with Crippen molar-refractivity contribution in [2.45, 2.75) is 13.8 Å². The van der Waals surface area contributed by atoms with Gasteiger partial charge in [-0.3, -0.25) is 9.97 Å². The highest BCUT2D eigenvalue weighted by Crippen LogP contribution is 2.48. The van der Waals surface area contributed by atoms with E-state index in [9.17, 15) is 4.57 Å². The van der Waals surface area contributed by atoms with E-state index in [2.05, 4.69) is 0 Å². The summed E-state index contributed by atoms with van der Waals surface area (Å²) in [7, 11) is -3.04. The van der Waals surface area contributed by atoms with Crippen LogP contribution >= 0.6 is 19.4 Å². The van der Waals surface area contributed by atoms with Crippen molar-refractivity contribution in [2.24, 2.45) is 0 Å². The molecule has 0 aromatic heterocycles. The molecule has 1 N–H and O–H groups in total. The molecule has 6 heteroatoms.